The van der Waals surface area contributed by atoms with E-state index in [1.165, 1.54) is 6.07 Å². The summed E-state index contributed by atoms with van der Waals surface area (Å²) in [5.74, 6) is -0.370. The second-order valence-electron chi connectivity index (χ2n) is 2.94. The summed E-state index contributed by atoms with van der Waals surface area (Å²) in [6, 6.07) is 4.60. The predicted octanol–water partition coefficient (Wildman–Crippen LogP) is 0.777. The van der Waals surface area contributed by atoms with E-state index >= 15 is 0 Å². The number of rotatable bonds is 1. The summed E-state index contributed by atoms with van der Waals surface area (Å²) in [5.41, 5.74) is 6.54. The first kappa shape index (κ1) is 8.07. The maximum Gasteiger partial charge on any atom is 0.336 e. The van der Waals surface area contributed by atoms with Crippen molar-refractivity contribution in [2.24, 2.45) is 5.73 Å². The number of hydrogen-bond donors (Lipinski definition) is 2. The molecule has 0 unspecified atom stereocenters. The van der Waals surface area contributed by atoms with Gasteiger partial charge in [-0.3, -0.25) is 0 Å². The van der Waals surface area contributed by atoms with Gasteiger partial charge in [-0.15, -0.1) is 0 Å². The molecule has 0 aliphatic carbocycles. The van der Waals surface area contributed by atoms with Gasteiger partial charge in [-0.05, 0) is 12.1 Å². The maximum absolute atomic E-state index is 10.8. The van der Waals surface area contributed by atoms with Gasteiger partial charge in [0.2, 0.25) is 0 Å². The zero-order chi connectivity index (χ0) is 9.42. The number of carbonyl (C=O) groups is 1. The molecular weight excluding hydrogens is 170 g/mol. The lowest BCUT2D eigenvalue weighted by molar-refractivity contribution is 0.0695. The fourth-order valence-electron chi connectivity index (χ4n) is 1.50. The summed E-state index contributed by atoms with van der Waals surface area (Å²) in [6.07, 6.45) is 0. The summed E-state index contributed by atoms with van der Waals surface area (Å²) in [6.45, 7) is 0.361. The van der Waals surface area contributed by atoms with Gasteiger partial charge in [0.05, 0.1) is 11.6 Å². The molecule has 0 spiro atoms. The van der Waals surface area contributed by atoms with Crippen molar-refractivity contribution in [1.82, 2.24) is 0 Å². The van der Waals surface area contributed by atoms with E-state index in [9.17, 15) is 4.79 Å². The molecule has 3 N–H and O–H groups in total. The van der Waals surface area contributed by atoms with Crippen LogP contribution in [-0.4, -0.2) is 17.7 Å². The monoisotopic (exact) mass is 179 g/mol. The number of benzene rings is 1. The van der Waals surface area contributed by atoms with E-state index in [1.807, 2.05) is 0 Å². The molecule has 0 bridgehead atoms. The minimum absolute atomic E-state index is 0.238. The van der Waals surface area contributed by atoms with Crippen molar-refractivity contribution in [2.75, 3.05) is 6.61 Å². The SMILES string of the molecule is N[C@@H]1COc2cccc(C(=O)O)c21. The van der Waals surface area contributed by atoms with E-state index in [1.54, 1.807) is 12.1 Å². The summed E-state index contributed by atoms with van der Waals surface area (Å²) >= 11 is 0. The van der Waals surface area contributed by atoms with Gasteiger partial charge >= 0.3 is 5.97 Å². The van der Waals surface area contributed by atoms with Gasteiger partial charge in [0.25, 0.3) is 0 Å². The van der Waals surface area contributed by atoms with Gasteiger partial charge in [0.15, 0.2) is 0 Å². The molecule has 0 saturated carbocycles. The van der Waals surface area contributed by atoms with Gasteiger partial charge in [-0.25, -0.2) is 4.79 Å². The van der Waals surface area contributed by atoms with Crippen molar-refractivity contribution < 1.29 is 14.6 Å². The largest absolute Gasteiger partial charge is 0.491 e. The number of carboxylic acids is 1. The molecule has 4 nitrogen and oxygen atoms in total. The highest BCUT2D eigenvalue weighted by molar-refractivity contribution is 5.90. The van der Waals surface area contributed by atoms with Gasteiger partial charge in [0.1, 0.15) is 12.4 Å². The smallest absolute Gasteiger partial charge is 0.336 e. The number of carboxylic acid groups (broad SMARTS) is 1. The Morgan fingerprint density at radius 1 is 1.62 bits per heavy atom. The molecule has 68 valence electrons. The first-order chi connectivity index (χ1) is 6.20. The van der Waals surface area contributed by atoms with E-state index in [2.05, 4.69) is 0 Å². The predicted molar refractivity (Wildman–Crippen MR) is 45.8 cm³/mol. The Morgan fingerprint density at radius 3 is 3.08 bits per heavy atom. The van der Waals surface area contributed by atoms with Crippen molar-refractivity contribution >= 4 is 5.97 Å². The van der Waals surface area contributed by atoms with Crippen LogP contribution < -0.4 is 10.5 Å². The molecule has 1 aliphatic rings. The lowest BCUT2D eigenvalue weighted by Crippen LogP contribution is -2.14. The molecule has 1 aliphatic heterocycles. The summed E-state index contributed by atoms with van der Waals surface area (Å²) in [7, 11) is 0. The van der Waals surface area contributed by atoms with Crippen LogP contribution in [0, 0.1) is 0 Å². The fourth-order valence-corrected chi connectivity index (χ4v) is 1.50. The van der Waals surface area contributed by atoms with E-state index in [0.717, 1.165) is 0 Å². The van der Waals surface area contributed by atoms with Gasteiger partial charge in [-0.1, -0.05) is 6.07 Å². The number of nitrogens with two attached hydrogens (primary N) is 1. The molecule has 1 heterocycles. The maximum atomic E-state index is 10.8. The van der Waals surface area contributed by atoms with Crippen LogP contribution in [-0.2, 0) is 0 Å². The van der Waals surface area contributed by atoms with Crippen molar-refractivity contribution in [3.8, 4) is 5.75 Å². The summed E-state index contributed by atoms with van der Waals surface area (Å²) < 4.78 is 5.21. The minimum atomic E-state index is -0.960. The third-order valence-corrected chi connectivity index (χ3v) is 2.09. The molecule has 1 aromatic carbocycles. The van der Waals surface area contributed by atoms with Gasteiger partial charge in [0, 0.05) is 5.56 Å². The van der Waals surface area contributed by atoms with Crippen molar-refractivity contribution in [1.29, 1.82) is 0 Å². The second kappa shape index (κ2) is 2.74. The average Bonchev–Trinajstić information content (AvgIpc) is 2.48. The average molecular weight is 179 g/mol. The third kappa shape index (κ3) is 1.15. The topological polar surface area (TPSA) is 72.5 Å². The van der Waals surface area contributed by atoms with E-state index in [0.29, 0.717) is 17.9 Å². The Bertz CT molecular complexity index is 362. The van der Waals surface area contributed by atoms with Crippen molar-refractivity contribution in [3.63, 3.8) is 0 Å². The lowest BCUT2D eigenvalue weighted by Gasteiger charge is -2.04. The highest BCUT2D eigenvalue weighted by Crippen LogP contribution is 2.33. The van der Waals surface area contributed by atoms with Crippen LogP contribution in [0.2, 0.25) is 0 Å². The van der Waals surface area contributed by atoms with Gasteiger partial charge < -0.3 is 15.6 Å². The summed E-state index contributed by atoms with van der Waals surface area (Å²) in [4.78, 5) is 10.8. The highest BCUT2D eigenvalue weighted by Gasteiger charge is 2.26. The lowest BCUT2D eigenvalue weighted by atomic mass is 10.0. The molecule has 13 heavy (non-hydrogen) atoms. The fraction of sp³-hybridized carbons (Fsp3) is 0.222. The van der Waals surface area contributed by atoms with Crippen LogP contribution in [0.5, 0.6) is 5.75 Å². The molecule has 0 radical (unpaired) electrons. The molecule has 2 rings (SSSR count). The van der Waals surface area contributed by atoms with Crippen molar-refractivity contribution in [3.05, 3.63) is 29.3 Å². The number of aromatic carboxylic acids is 1. The number of hydrogen-bond acceptors (Lipinski definition) is 3. The van der Waals surface area contributed by atoms with Crippen LogP contribution in [0.25, 0.3) is 0 Å². The third-order valence-electron chi connectivity index (χ3n) is 2.09. The first-order valence-corrected chi connectivity index (χ1v) is 3.94. The Morgan fingerprint density at radius 2 is 2.38 bits per heavy atom. The van der Waals surface area contributed by atoms with E-state index in [-0.39, 0.29) is 11.6 Å². The quantitative estimate of drug-likeness (QED) is 0.668. The molecule has 0 aromatic heterocycles. The molecule has 1 aromatic rings. The molecule has 4 heteroatoms. The zero-order valence-corrected chi connectivity index (χ0v) is 6.86. The van der Waals surface area contributed by atoms with Crippen molar-refractivity contribution in [2.45, 2.75) is 6.04 Å². The Hall–Kier alpha value is -1.55. The molecule has 0 saturated heterocycles. The Labute approximate surface area is 74.9 Å². The molecule has 1 atom stereocenters. The van der Waals surface area contributed by atoms with Crippen LogP contribution in [0.4, 0.5) is 0 Å². The number of fused-ring (bicyclic) bond motifs is 1. The molecule has 0 amide bonds. The van der Waals surface area contributed by atoms with Crippen LogP contribution >= 0.6 is 0 Å². The summed E-state index contributed by atoms with van der Waals surface area (Å²) in [5, 5.41) is 8.86. The highest BCUT2D eigenvalue weighted by atomic mass is 16.5. The van der Waals surface area contributed by atoms with Crippen LogP contribution in [0.3, 0.4) is 0 Å². The zero-order valence-electron chi connectivity index (χ0n) is 6.86. The normalized spacial score (nSPS) is 19.3. The van der Waals surface area contributed by atoms with E-state index < -0.39 is 5.97 Å². The Kier molecular flexibility index (Phi) is 1.70. The van der Waals surface area contributed by atoms with Gasteiger partial charge in [-0.2, -0.15) is 0 Å². The standard InChI is InChI=1S/C9H9NO3/c10-6-4-13-7-3-1-2-5(8(6)7)9(11)12/h1-3,6H,4,10H2,(H,11,12)/t6-/m1/s1. The molecule has 0 fully saturated rings. The molecular formula is C9H9NO3. The Balaban J connectivity index is 2.60. The minimum Gasteiger partial charge on any atom is -0.491 e. The van der Waals surface area contributed by atoms with E-state index in [4.69, 9.17) is 15.6 Å². The number of ether oxygens (including phenoxy) is 1. The first-order valence-electron chi connectivity index (χ1n) is 3.94. The second-order valence-corrected chi connectivity index (χ2v) is 2.94. The van der Waals surface area contributed by atoms with Crippen LogP contribution in [0.15, 0.2) is 18.2 Å². The van der Waals surface area contributed by atoms with Crippen LogP contribution in [0.1, 0.15) is 22.0 Å².